The number of anilines is 1. The largest absolute Gasteiger partial charge is 0.478 e. The number of rotatable bonds is 4. The number of nitrogens with one attached hydrogen (secondary N) is 1. The van der Waals surface area contributed by atoms with E-state index < -0.39 is 5.97 Å². The van der Waals surface area contributed by atoms with Gasteiger partial charge in [0.15, 0.2) is 0 Å². The first-order valence-electron chi connectivity index (χ1n) is 6.02. The van der Waals surface area contributed by atoms with Crippen LogP contribution in [0.1, 0.15) is 28.9 Å². The van der Waals surface area contributed by atoms with Crippen LogP contribution in [0.4, 0.5) is 10.1 Å². The van der Waals surface area contributed by atoms with Crippen molar-refractivity contribution in [1.29, 1.82) is 0 Å². The van der Waals surface area contributed by atoms with Crippen LogP contribution >= 0.6 is 15.9 Å². The van der Waals surface area contributed by atoms with Crippen LogP contribution < -0.4 is 5.32 Å². The molecular weight excluding hydrogens is 325 g/mol. The van der Waals surface area contributed by atoms with Crippen molar-refractivity contribution in [3.05, 3.63) is 63.9 Å². The molecule has 0 aromatic heterocycles. The van der Waals surface area contributed by atoms with Crippen molar-refractivity contribution in [2.24, 2.45) is 0 Å². The molecule has 0 amide bonds. The van der Waals surface area contributed by atoms with Gasteiger partial charge in [0.05, 0.1) is 5.56 Å². The van der Waals surface area contributed by atoms with Crippen LogP contribution in [0.2, 0.25) is 0 Å². The molecule has 0 aliphatic carbocycles. The molecule has 0 spiro atoms. The Hall–Kier alpha value is -1.88. The summed E-state index contributed by atoms with van der Waals surface area (Å²) < 4.78 is 13.7. The molecule has 0 aliphatic rings. The fraction of sp³-hybridized carbons (Fsp3) is 0.133. The Labute approximate surface area is 124 Å². The quantitative estimate of drug-likeness (QED) is 0.865. The molecule has 0 fully saturated rings. The number of halogens is 2. The SMILES string of the molecule is CC(Nc1ccc(C(=O)O)cc1)c1ccc(F)cc1Br. The number of benzene rings is 2. The predicted octanol–water partition coefficient (Wildman–Crippen LogP) is 4.46. The lowest BCUT2D eigenvalue weighted by Crippen LogP contribution is -2.07. The van der Waals surface area contributed by atoms with E-state index in [1.807, 2.05) is 6.92 Å². The van der Waals surface area contributed by atoms with Gasteiger partial charge < -0.3 is 10.4 Å². The van der Waals surface area contributed by atoms with E-state index in [1.165, 1.54) is 24.3 Å². The highest BCUT2D eigenvalue weighted by Gasteiger charge is 2.10. The maximum atomic E-state index is 13.1. The van der Waals surface area contributed by atoms with E-state index in [1.54, 1.807) is 18.2 Å². The smallest absolute Gasteiger partial charge is 0.335 e. The first-order chi connectivity index (χ1) is 9.47. The summed E-state index contributed by atoms with van der Waals surface area (Å²) in [4.78, 5) is 10.8. The van der Waals surface area contributed by atoms with Gasteiger partial charge >= 0.3 is 5.97 Å². The summed E-state index contributed by atoms with van der Waals surface area (Å²) in [6.07, 6.45) is 0. The molecule has 0 saturated carbocycles. The zero-order valence-corrected chi connectivity index (χ0v) is 12.3. The molecule has 0 heterocycles. The van der Waals surface area contributed by atoms with Crippen LogP contribution in [0.15, 0.2) is 46.9 Å². The molecule has 0 radical (unpaired) electrons. The molecule has 1 atom stereocenters. The van der Waals surface area contributed by atoms with E-state index in [0.29, 0.717) is 4.47 Å². The lowest BCUT2D eigenvalue weighted by Gasteiger charge is -2.17. The van der Waals surface area contributed by atoms with E-state index >= 15 is 0 Å². The summed E-state index contributed by atoms with van der Waals surface area (Å²) in [7, 11) is 0. The van der Waals surface area contributed by atoms with Gasteiger partial charge in [-0.2, -0.15) is 0 Å². The third kappa shape index (κ3) is 3.36. The molecule has 0 aliphatic heterocycles. The average molecular weight is 338 g/mol. The van der Waals surface area contributed by atoms with Crippen LogP contribution in [0.5, 0.6) is 0 Å². The Bertz CT molecular complexity index is 628. The van der Waals surface area contributed by atoms with E-state index in [2.05, 4.69) is 21.2 Å². The Kier molecular flexibility index (Phi) is 4.39. The number of hydrogen-bond acceptors (Lipinski definition) is 2. The summed E-state index contributed by atoms with van der Waals surface area (Å²) in [5, 5.41) is 12.1. The van der Waals surface area contributed by atoms with Gasteiger partial charge in [-0.3, -0.25) is 0 Å². The highest BCUT2D eigenvalue weighted by atomic mass is 79.9. The second-order valence-corrected chi connectivity index (χ2v) is 5.27. The molecule has 104 valence electrons. The van der Waals surface area contributed by atoms with Crippen molar-refractivity contribution in [2.75, 3.05) is 5.32 Å². The van der Waals surface area contributed by atoms with E-state index in [4.69, 9.17) is 5.11 Å². The summed E-state index contributed by atoms with van der Waals surface area (Å²) in [5.41, 5.74) is 1.97. The van der Waals surface area contributed by atoms with Crippen LogP contribution in [0.25, 0.3) is 0 Å². The zero-order chi connectivity index (χ0) is 14.7. The van der Waals surface area contributed by atoms with Gasteiger partial charge in [0.25, 0.3) is 0 Å². The van der Waals surface area contributed by atoms with Crippen molar-refractivity contribution in [3.63, 3.8) is 0 Å². The van der Waals surface area contributed by atoms with Gasteiger partial charge in [0.1, 0.15) is 5.82 Å². The minimum Gasteiger partial charge on any atom is -0.478 e. The van der Waals surface area contributed by atoms with Crippen LogP contribution in [-0.4, -0.2) is 11.1 Å². The van der Waals surface area contributed by atoms with Crippen LogP contribution in [0.3, 0.4) is 0 Å². The molecule has 0 bridgehead atoms. The van der Waals surface area contributed by atoms with Gasteiger partial charge in [-0.15, -0.1) is 0 Å². The fourth-order valence-corrected chi connectivity index (χ4v) is 2.58. The van der Waals surface area contributed by atoms with Crippen LogP contribution in [0, 0.1) is 5.82 Å². The Balaban J connectivity index is 2.14. The first kappa shape index (κ1) is 14.5. The number of carboxylic acids is 1. The van der Waals surface area contributed by atoms with Crippen molar-refractivity contribution in [3.8, 4) is 0 Å². The number of aromatic carboxylic acids is 1. The Morgan fingerprint density at radius 1 is 1.25 bits per heavy atom. The number of carboxylic acid groups (broad SMARTS) is 1. The van der Waals surface area contributed by atoms with Gasteiger partial charge in [-0.25, -0.2) is 9.18 Å². The van der Waals surface area contributed by atoms with E-state index in [9.17, 15) is 9.18 Å². The maximum Gasteiger partial charge on any atom is 0.335 e. The van der Waals surface area contributed by atoms with Gasteiger partial charge in [0, 0.05) is 16.2 Å². The fourth-order valence-electron chi connectivity index (χ4n) is 1.89. The molecule has 3 nitrogen and oxygen atoms in total. The summed E-state index contributed by atoms with van der Waals surface area (Å²) >= 11 is 3.33. The predicted molar refractivity (Wildman–Crippen MR) is 79.5 cm³/mol. The van der Waals surface area contributed by atoms with Crippen molar-refractivity contribution < 1.29 is 14.3 Å². The standard InChI is InChI=1S/C15H13BrFNO2/c1-9(13-7-4-11(17)8-14(13)16)18-12-5-2-10(3-6-12)15(19)20/h2-9,18H,1H3,(H,19,20). The highest BCUT2D eigenvalue weighted by Crippen LogP contribution is 2.27. The second kappa shape index (κ2) is 6.05. The van der Waals surface area contributed by atoms with Crippen molar-refractivity contribution in [2.45, 2.75) is 13.0 Å². The number of hydrogen-bond donors (Lipinski definition) is 2. The molecule has 2 rings (SSSR count). The molecule has 2 N–H and O–H groups in total. The van der Waals surface area contributed by atoms with E-state index in [-0.39, 0.29) is 17.4 Å². The summed E-state index contributed by atoms with van der Waals surface area (Å²) in [6.45, 7) is 1.95. The van der Waals surface area contributed by atoms with Crippen molar-refractivity contribution in [1.82, 2.24) is 0 Å². The lowest BCUT2D eigenvalue weighted by atomic mass is 10.1. The summed E-state index contributed by atoms with van der Waals surface area (Å²) in [5.74, 6) is -1.25. The zero-order valence-electron chi connectivity index (χ0n) is 10.7. The third-order valence-electron chi connectivity index (χ3n) is 2.94. The Morgan fingerprint density at radius 2 is 1.90 bits per heavy atom. The lowest BCUT2D eigenvalue weighted by molar-refractivity contribution is 0.0697. The minimum absolute atomic E-state index is 0.0411. The molecule has 2 aromatic carbocycles. The minimum atomic E-state index is -0.953. The van der Waals surface area contributed by atoms with E-state index in [0.717, 1.165) is 11.3 Å². The molecular formula is C15H13BrFNO2. The highest BCUT2D eigenvalue weighted by molar-refractivity contribution is 9.10. The molecule has 2 aromatic rings. The maximum absolute atomic E-state index is 13.1. The first-order valence-corrected chi connectivity index (χ1v) is 6.81. The molecule has 5 heteroatoms. The van der Waals surface area contributed by atoms with Crippen LogP contribution in [-0.2, 0) is 0 Å². The second-order valence-electron chi connectivity index (χ2n) is 4.41. The van der Waals surface area contributed by atoms with Gasteiger partial charge in [-0.05, 0) is 48.9 Å². The average Bonchev–Trinajstić information content (AvgIpc) is 2.39. The topological polar surface area (TPSA) is 49.3 Å². The molecule has 20 heavy (non-hydrogen) atoms. The summed E-state index contributed by atoms with van der Waals surface area (Å²) in [6, 6.07) is 11.0. The van der Waals surface area contributed by atoms with Gasteiger partial charge in [0.2, 0.25) is 0 Å². The normalized spacial score (nSPS) is 11.9. The molecule has 1 unspecified atom stereocenters. The van der Waals surface area contributed by atoms with Gasteiger partial charge in [-0.1, -0.05) is 22.0 Å². The Morgan fingerprint density at radius 3 is 2.45 bits per heavy atom. The van der Waals surface area contributed by atoms with Crippen molar-refractivity contribution >= 4 is 27.6 Å². The monoisotopic (exact) mass is 337 g/mol. The number of carbonyl (C=O) groups is 1. The third-order valence-corrected chi connectivity index (χ3v) is 3.63. The molecule has 0 saturated heterocycles.